The van der Waals surface area contributed by atoms with E-state index in [0.29, 0.717) is 19.5 Å². The predicted octanol–water partition coefficient (Wildman–Crippen LogP) is 2.40. The van der Waals surface area contributed by atoms with Crippen LogP contribution in [0.15, 0.2) is 0 Å². The third-order valence-corrected chi connectivity index (χ3v) is 3.43. The average Bonchev–Trinajstić information content (AvgIpc) is 2.25. The predicted molar refractivity (Wildman–Crippen MR) is 66.8 cm³/mol. The van der Waals surface area contributed by atoms with Gasteiger partial charge in [0.05, 0.1) is 5.60 Å². The van der Waals surface area contributed by atoms with Gasteiger partial charge >= 0.3 is 6.09 Å². The first-order chi connectivity index (χ1) is 7.62. The van der Waals surface area contributed by atoms with Crippen molar-refractivity contribution in [2.45, 2.75) is 58.7 Å². The molecule has 1 amide bonds. The summed E-state index contributed by atoms with van der Waals surface area (Å²) in [5.74, 6) is 0.204. The van der Waals surface area contributed by atoms with Crippen molar-refractivity contribution in [3.8, 4) is 0 Å². The lowest BCUT2D eigenvalue weighted by Gasteiger charge is -2.27. The van der Waals surface area contributed by atoms with Gasteiger partial charge in [-0.2, -0.15) is 0 Å². The maximum absolute atomic E-state index is 11.9. The molecule has 1 aliphatic heterocycles. The molecule has 0 bridgehead atoms. The minimum Gasteiger partial charge on any atom is -0.444 e. The van der Waals surface area contributed by atoms with E-state index in [-0.39, 0.29) is 12.0 Å². The Morgan fingerprint density at radius 2 is 2.00 bits per heavy atom. The van der Waals surface area contributed by atoms with Gasteiger partial charge in [0.2, 0.25) is 0 Å². The zero-order chi connectivity index (χ0) is 13.3. The van der Waals surface area contributed by atoms with Crippen LogP contribution in [0.5, 0.6) is 0 Å². The van der Waals surface area contributed by atoms with Crippen LogP contribution in [0.3, 0.4) is 0 Å². The lowest BCUT2D eigenvalue weighted by atomic mass is 9.87. The Hall–Kier alpha value is -0.770. The van der Waals surface area contributed by atoms with Gasteiger partial charge < -0.3 is 14.7 Å². The maximum atomic E-state index is 11.9. The third kappa shape index (κ3) is 4.19. The van der Waals surface area contributed by atoms with Crippen molar-refractivity contribution in [2.24, 2.45) is 5.92 Å². The number of aliphatic hydroxyl groups is 1. The molecule has 1 aliphatic rings. The molecular formula is C13H25NO3. The highest BCUT2D eigenvalue weighted by Gasteiger charge is 2.34. The molecule has 1 N–H and O–H groups in total. The number of nitrogens with zero attached hydrogens (tertiary/aromatic N) is 1. The fourth-order valence-electron chi connectivity index (χ4n) is 1.89. The Morgan fingerprint density at radius 3 is 2.53 bits per heavy atom. The van der Waals surface area contributed by atoms with E-state index in [4.69, 9.17) is 4.74 Å². The first kappa shape index (κ1) is 14.3. The van der Waals surface area contributed by atoms with Gasteiger partial charge in [-0.1, -0.05) is 6.92 Å². The van der Waals surface area contributed by atoms with Crippen LogP contribution >= 0.6 is 0 Å². The van der Waals surface area contributed by atoms with E-state index in [1.54, 1.807) is 4.90 Å². The summed E-state index contributed by atoms with van der Waals surface area (Å²) in [5, 5.41) is 10.2. The molecule has 4 heteroatoms. The van der Waals surface area contributed by atoms with Gasteiger partial charge in [-0.05, 0) is 46.5 Å². The molecule has 0 aromatic carbocycles. The summed E-state index contributed by atoms with van der Waals surface area (Å²) in [4.78, 5) is 13.6. The first-order valence-electron chi connectivity index (χ1n) is 6.32. The largest absolute Gasteiger partial charge is 0.444 e. The minimum atomic E-state index is -0.684. The highest BCUT2D eigenvalue weighted by Crippen LogP contribution is 2.28. The number of amides is 1. The summed E-state index contributed by atoms with van der Waals surface area (Å²) >= 11 is 0. The molecule has 0 aromatic heterocycles. The number of ether oxygens (including phenoxy) is 1. The highest BCUT2D eigenvalue weighted by molar-refractivity contribution is 5.68. The van der Waals surface area contributed by atoms with Gasteiger partial charge in [0, 0.05) is 13.1 Å². The molecule has 0 aliphatic carbocycles. The van der Waals surface area contributed by atoms with Crippen molar-refractivity contribution in [2.75, 3.05) is 13.1 Å². The second kappa shape index (κ2) is 4.84. The molecule has 1 rings (SSSR count). The Balaban J connectivity index is 2.60. The molecule has 1 saturated heterocycles. The molecule has 1 fully saturated rings. The molecule has 2 atom stereocenters. The lowest BCUT2D eigenvalue weighted by Crippen LogP contribution is -2.38. The third-order valence-electron chi connectivity index (χ3n) is 3.43. The molecule has 1 heterocycles. The molecule has 0 unspecified atom stereocenters. The molecule has 0 saturated carbocycles. The molecular weight excluding hydrogens is 218 g/mol. The summed E-state index contributed by atoms with van der Waals surface area (Å²) < 4.78 is 5.34. The summed E-state index contributed by atoms with van der Waals surface area (Å²) in [6.07, 6.45) is 1.14. The Kier molecular flexibility index (Phi) is 4.07. The van der Waals surface area contributed by atoms with E-state index >= 15 is 0 Å². The molecule has 0 radical (unpaired) electrons. The number of carbonyl (C=O) groups is 1. The summed E-state index contributed by atoms with van der Waals surface area (Å²) in [6.45, 7) is 10.7. The van der Waals surface area contributed by atoms with Crippen molar-refractivity contribution < 1.29 is 14.6 Å². The summed E-state index contributed by atoms with van der Waals surface area (Å²) in [6, 6.07) is 0. The second-order valence-electron chi connectivity index (χ2n) is 6.26. The van der Waals surface area contributed by atoms with E-state index in [1.807, 2.05) is 34.6 Å². The number of hydrogen-bond donors (Lipinski definition) is 1. The molecule has 4 nitrogen and oxygen atoms in total. The summed E-state index contributed by atoms with van der Waals surface area (Å²) in [5.41, 5.74) is -1.14. The van der Waals surface area contributed by atoms with E-state index in [0.717, 1.165) is 6.42 Å². The van der Waals surface area contributed by atoms with Gasteiger partial charge in [0.25, 0.3) is 0 Å². The van der Waals surface area contributed by atoms with E-state index in [2.05, 4.69) is 0 Å². The van der Waals surface area contributed by atoms with Crippen LogP contribution in [-0.4, -0.2) is 40.4 Å². The molecule has 100 valence electrons. The molecule has 0 aromatic rings. The number of likely N-dealkylation sites (tertiary alicyclic amines) is 1. The number of hydrogen-bond acceptors (Lipinski definition) is 3. The standard InChI is InChI=1S/C13H25NO3/c1-10-6-8-14(9-7-13(10,5)16)11(15)17-12(2,3)4/h10,16H,6-9H2,1-5H3/t10-,13-/m0/s1. The van der Waals surface area contributed by atoms with Gasteiger partial charge in [0.1, 0.15) is 5.60 Å². The average molecular weight is 243 g/mol. The van der Waals surface area contributed by atoms with Crippen molar-refractivity contribution >= 4 is 6.09 Å². The monoisotopic (exact) mass is 243 g/mol. The van der Waals surface area contributed by atoms with Gasteiger partial charge in [-0.15, -0.1) is 0 Å². The minimum absolute atomic E-state index is 0.204. The SMILES string of the molecule is C[C@H]1CCN(C(=O)OC(C)(C)C)CC[C@]1(C)O. The first-order valence-corrected chi connectivity index (χ1v) is 6.32. The van der Waals surface area contributed by atoms with E-state index < -0.39 is 11.2 Å². The molecule has 17 heavy (non-hydrogen) atoms. The molecule has 0 spiro atoms. The second-order valence-corrected chi connectivity index (χ2v) is 6.26. The topological polar surface area (TPSA) is 49.8 Å². The fourth-order valence-corrected chi connectivity index (χ4v) is 1.89. The quantitative estimate of drug-likeness (QED) is 0.710. The number of carbonyl (C=O) groups excluding carboxylic acids is 1. The summed E-state index contributed by atoms with van der Waals surface area (Å²) in [7, 11) is 0. The van der Waals surface area contributed by atoms with E-state index in [9.17, 15) is 9.90 Å². The van der Waals surface area contributed by atoms with E-state index in [1.165, 1.54) is 0 Å². The van der Waals surface area contributed by atoms with Crippen LogP contribution < -0.4 is 0 Å². The van der Waals surface area contributed by atoms with Crippen molar-refractivity contribution in [3.63, 3.8) is 0 Å². The van der Waals surface area contributed by atoms with Crippen molar-refractivity contribution in [1.29, 1.82) is 0 Å². The van der Waals surface area contributed by atoms with Gasteiger partial charge in [-0.3, -0.25) is 0 Å². The van der Waals surface area contributed by atoms with Crippen LogP contribution in [0.2, 0.25) is 0 Å². The highest BCUT2D eigenvalue weighted by atomic mass is 16.6. The van der Waals surface area contributed by atoms with Gasteiger partial charge in [-0.25, -0.2) is 4.79 Å². The smallest absolute Gasteiger partial charge is 0.410 e. The fraction of sp³-hybridized carbons (Fsp3) is 0.923. The van der Waals surface area contributed by atoms with Crippen LogP contribution in [0, 0.1) is 5.92 Å². The zero-order valence-electron chi connectivity index (χ0n) is 11.6. The van der Waals surface area contributed by atoms with Crippen molar-refractivity contribution in [1.82, 2.24) is 4.90 Å². The lowest BCUT2D eigenvalue weighted by molar-refractivity contribution is 0.000933. The Morgan fingerprint density at radius 1 is 1.41 bits per heavy atom. The van der Waals surface area contributed by atoms with Crippen LogP contribution in [-0.2, 0) is 4.74 Å². The number of rotatable bonds is 0. The Bertz CT molecular complexity index is 281. The van der Waals surface area contributed by atoms with Crippen LogP contribution in [0.4, 0.5) is 4.79 Å². The zero-order valence-corrected chi connectivity index (χ0v) is 11.6. The van der Waals surface area contributed by atoms with Crippen molar-refractivity contribution in [3.05, 3.63) is 0 Å². The normalized spacial score (nSPS) is 30.9. The van der Waals surface area contributed by atoms with Gasteiger partial charge in [0.15, 0.2) is 0 Å². The van der Waals surface area contributed by atoms with Crippen LogP contribution in [0.1, 0.15) is 47.5 Å². The Labute approximate surface area is 104 Å². The van der Waals surface area contributed by atoms with Crippen LogP contribution in [0.25, 0.3) is 0 Å². The maximum Gasteiger partial charge on any atom is 0.410 e.